The summed E-state index contributed by atoms with van der Waals surface area (Å²) in [6, 6.07) is 13.6. The molecule has 0 aliphatic carbocycles. The summed E-state index contributed by atoms with van der Waals surface area (Å²) >= 11 is 0. The van der Waals surface area contributed by atoms with E-state index in [0.717, 1.165) is 30.6 Å². The SMILES string of the molecule is CS(=O)(=O)c1ccc(-c2ccc3c(c2)CNCC3)cc1. The molecule has 2 aromatic rings. The van der Waals surface area contributed by atoms with Crippen LogP contribution in [-0.4, -0.2) is 21.2 Å². The highest BCUT2D eigenvalue weighted by molar-refractivity contribution is 7.90. The van der Waals surface area contributed by atoms with Crippen LogP contribution in [0.1, 0.15) is 11.1 Å². The van der Waals surface area contributed by atoms with Gasteiger partial charge in [-0.05, 0) is 53.4 Å². The van der Waals surface area contributed by atoms with Crippen molar-refractivity contribution in [1.82, 2.24) is 5.32 Å². The molecule has 1 heterocycles. The predicted molar refractivity (Wildman–Crippen MR) is 80.4 cm³/mol. The van der Waals surface area contributed by atoms with Gasteiger partial charge in [-0.1, -0.05) is 24.3 Å². The van der Waals surface area contributed by atoms with Gasteiger partial charge in [0.05, 0.1) is 4.90 Å². The summed E-state index contributed by atoms with van der Waals surface area (Å²) in [6.45, 7) is 1.94. The third-order valence-electron chi connectivity index (χ3n) is 3.71. The number of benzene rings is 2. The Labute approximate surface area is 119 Å². The normalized spacial score (nSPS) is 14.8. The largest absolute Gasteiger partial charge is 0.312 e. The Kier molecular flexibility index (Phi) is 3.36. The van der Waals surface area contributed by atoms with Crippen LogP contribution in [0.5, 0.6) is 0 Å². The first kappa shape index (κ1) is 13.3. The summed E-state index contributed by atoms with van der Waals surface area (Å²) in [5.41, 5.74) is 4.92. The van der Waals surface area contributed by atoms with Gasteiger partial charge < -0.3 is 5.32 Å². The molecule has 104 valence electrons. The number of fused-ring (bicyclic) bond motifs is 1. The standard InChI is InChI=1S/C16H17NO2S/c1-20(18,19)16-6-4-12(5-7-16)14-3-2-13-8-9-17-11-15(13)10-14/h2-7,10,17H,8-9,11H2,1H3. The van der Waals surface area contributed by atoms with E-state index in [1.807, 2.05) is 12.1 Å². The second-order valence-corrected chi connectivity index (χ2v) is 7.22. The number of hydrogen-bond acceptors (Lipinski definition) is 3. The summed E-state index contributed by atoms with van der Waals surface area (Å²) in [7, 11) is -3.13. The van der Waals surface area contributed by atoms with Gasteiger partial charge in [-0.25, -0.2) is 8.42 Å². The van der Waals surface area contributed by atoms with Gasteiger partial charge in [-0.3, -0.25) is 0 Å². The Hall–Kier alpha value is -1.65. The molecule has 0 saturated carbocycles. The van der Waals surface area contributed by atoms with Crippen molar-refractivity contribution in [2.24, 2.45) is 0 Å². The second kappa shape index (κ2) is 5.04. The number of hydrogen-bond donors (Lipinski definition) is 1. The van der Waals surface area contributed by atoms with Crippen molar-refractivity contribution < 1.29 is 8.42 Å². The van der Waals surface area contributed by atoms with Crippen molar-refractivity contribution in [1.29, 1.82) is 0 Å². The first-order chi connectivity index (χ1) is 9.54. The van der Waals surface area contributed by atoms with E-state index in [0.29, 0.717) is 4.90 Å². The molecule has 20 heavy (non-hydrogen) atoms. The summed E-state index contributed by atoms with van der Waals surface area (Å²) in [4.78, 5) is 0.362. The van der Waals surface area contributed by atoms with Gasteiger partial charge in [0, 0.05) is 12.8 Å². The van der Waals surface area contributed by atoms with E-state index in [-0.39, 0.29) is 0 Å². The Bertz CT molecular complexity index is 734. The minimum absolute atomic E-state index is 0.362. The van der Waals surface area contributed by atoms with E-state index >= 15 is 0 Å². The van der Waals surface area contributed by atoms with E-state index in [4.69, 9.17) is 0 Å². The van der Waals surface area contributed by atoms with Gasteiger partial charge in [0.25, 0.3) is 0 Å². The van der Waals surface area contributed by atoms with Crippen molar-refractivity contribution in [2.75, 3.05) is 12.8 Å². The molecule has 0 radical (unpaired) electrons. The minimum Gasteiger partial charge on any atom is -0.312 e. The van der Waals surface area contributed by atoms with Gasteiger partial charge >= 0.3 is 0 Å². The number of nitrogens with one attached hydrogen (secondary N) is 1. The Morgan fingerprint density at radius 2 is 1.65 bits per heavy atom. The number of rotatable bonds is 2. The summed E-state index contributed by atoms with van der Waals surface area (Å²) in [5, 5.41) is 3.37. The molecule has 1 aliphatic heterocycles. The molecule has 2 aromatic carbocycles. The fourth-order valence-corrected chi connectivity index (χ4v) is 3.19. The fraction of sp³-hybridized carbons (Fsp3) is 0.250. The summed E-state index contributed by atoms with van der Waals surface area (Å²) in [6.07, 6.45) is 2.30. The van der Waals surface area contributed by atoms with Gasteiger partial charge in [-0.15, -0.1) is 0 Å². The van der Waals surface area contributed by atoms with E-state index in [1.54, 1.807) is 12.1 Å². The molecule has 4 heteroatoms. The second-order valence-electron chi connectivity index (χ2n) is 5.21. The first-order valence-corrected chi connectivity index (χ1v) is 8.56. The first-order valence-electron chi connectivity index (χ1n) is 6.67. The van der Waals surface area contributed by atoms with Crippen molar-refractivity contribution in [3.05, 3.63) is 53.6 Å². The highest BCUT2D eigenvalue weighted by Crippen LogP contribution is 2.25. The highest BCUT2D eigenvalue weighted by Gasteiger charge is 2.10. The minimum atomic E-state index is -3.13. The van der Waals surface area contributed by atoms with Crippen molar-refractivity contribution in [2.45, 2.75) is 17.9 Å². The molecular weight excluding hydrogens is 270 g/mol. The maximum Gasteiger partial charge on any atom is 0.175 e. The van der Waals surface area contributed by atoms with E-state index in [9.17, 15) is 8.42 Å². The molecule has 0 fully saturated rings. The van der Waals surface area contributed by atoms with E-state index in [1.165, 1.54) is 17.4 Å². The molecule has 3 rings (SSSR count). The van der Waals surface area contributed by atoms with Gasteiger partial charge in [-0.2, -0.15) is 0 Å². The Morgan fingerprint density at radius 3 is 2.35 bits per heavy atom. The van der Waals surface area contributed by atoms with E-state index in [2.05, 4.69) is 23.5 Å². The molecule has 0 saturated heterocycles. The fourth-order valence-electron chi connectivity index (χ4n) is 2.55. The number of sulfone groups is 1. The van der Waals surface area contributed by atoms with Crippen LogP contribution in [-0.2, 0) is 22.8 Å². The van der Waals surface area contributed by atoms with Crippen LogP contribution in [0.2, 0.25) is 0 Å². The maximum absolute atomic E-state index is 11.5. The predicted octanol–water partition coefficient (Wildman–Crippen LogP) is 2.40. The Morgan fingerprint density at radius 1 is 0.950 bits per heavy atom. The van der Waals surface area contributed by atoms with Gasteiger partial charge in [0.1, 0.15) is 0 Å². The zero-order valence-corrected chi connectivity index (χ0v) is 12.2. The molecule has 0 atom stereocenters. The van der Waals surface area contributed by atoms with Crippen LogP contribution >= 0.6 is 0 Å². The smallest absolute Gasteiger partial charge is 0.175 e. The van der Waals surface area contributed by atoms with Crippen LogP contribution in [0.15, 0.2) is 47.4 Å². The third kappa shape index (κ3) is 2.62. The molecule has 1 N–H and O–H groups in total. The van der Waals surface area contributed by atoms with Crippen LogP contribution in [0.25, 0.3) is 11.1 Å². The lowest BCUT2D eigenvalue weighted by atomic mass is 9.96. The summed E-state index contributed by atoms with van der Waals surface area (Å²) in [5.74, 6) is 0. The highest BCUT2D eigenvalue weighted by atomic mass is 32.2. The lowest BCUT2D eigenvalue weighted by Gasteiger charge is -2.18. The molecule has 3 nitrogen and oxygen atoms in total. The van der Waals surface area contributed by atoms with Crippen LogP contribution in [0.3, 0.4) is 0 Å². The maximum atomic E-state index is 11.5. The van der Waals surface area contributed by atoms with Crippen molar-refractivity contribution in [3.8, 4) is 11.1 Å². The quantitative estimate of drug-likeness (QED) is 0.922. The topological polar surface area (TPSA) is 46.2 Å². The summed E-state index contributed by atoms with van der Waals surface area (Å²) < 4.78 is 22.9. The zero-order chi connectivity index (χ0) is 14.2. The zero-order valence-electron chi connectivity index (χ0n) is 11.4. The molecular formula is C16H17NO2S. The lowest BCUT2D eigenvalue weighted by Crippen LogP contribution is -2.23. The monoisotopic (exact) mass is 287 g/mol. The van der Waals surface area contributed by atoms with E-state index < -0.39 is 9.84 Å². The van der Waals surface area contributed by atoms with Crippen LogP contribution < -0.4 is 5.32 Å². The van der Waals surface area contributed by atoms with Crippen LogP contribution in [0.4, 0.5) is 0 Å². The molecule has 0 amide bonds. The van der Waals surface area contributed by atoms with Crippen LogP contribution in [0, 0.1) is 0 Å². The van der Waals surface area contributed by atoms with Crippen molar-refractivity contribution >= 4 is 9.84 Å². The molecule has 0 bridgehead atoms. The molecule has 0 aromatic heterocycles. The molecule has 0 spiro atoms. The molecule has 0 unspecified atom stereocenters. The molecule has 1 aliphatic rings. The van der Waals surface area contributed by atoms with Gasteiger partial charge in [0.2, 0.25) is 0 Å². The Balaban J connectivity index is 1.97. The van der Waals surface area contributed by atoms with Crippen molar-refractivity contribution in [3.63, 3.8) is 0 Å². The third-order valence-corrected chi connectivity index (χ3v) is 4.84. The average molecular weight is 287 g/mol. The van der Waals surface area contributed by atoms with Gasteiger partial charge in [0.15, 0.2) is 9.84 Å². The lowest BCUT2D eigenvalue weighted by molar-refractivity contribution is 0.602. The average Bonchev–Trinajstić information content (AvgIpc) is 2.46.